The van der Waals surface area contributed by atoms with Crippen molar-refractivity contribution in [3.8, 4) is 0 Å². The SMILES string of the molecule is CC(=O)c1ccc(F)cc1NC(=O)c1ccnn1C. The number of anilines is 1. The average Bonchev–Trinajstić information content (AvgIpc) is 2.75. The number of nitrogens with zero attached hydrogens (tertiary/aromatic N) is 2. The van der Waals surface area contributed by atoms with E-state index >= 15 is 0 Å². The molecule has 0 radical (unpaired) electrons. The van der Waals surface area contributed by atoms with Gasteiger partial charge < -0.3 is 5.32 Å². The van der Waals surface area contributed by atoms with E-state index < -0.39 is 11.7 Å². The van der Waals surface area contributed by atoms with Gasteiger partial charge in [-0.05, 0) is 31.2 Å². The molecule has 0 saturated carbocycles. The number of amides is 1. The van der Waals surface area contributed by atoms with Crippen LogP contribution < -0.4 is 5.32 Å². The predicted molar refractivity (Wildman–Crippen MR) is 67.6 cm³/mol. The van der Waals surface area contributed by atoms with E-state index in [0.29, 0.717) is 5.69 Å². The molecule has 0 fully saturated rings. The van der Waals surface area contributed by atoms with Crippen molar-refractivity contribution in [2.24, 2.45) is 7.05 Å². The Hall–Kier alpha value is -2.50. The Labute approximate surface area is 109 Å². The highest BCUT2D eigenvalue weighted by Gasteiger charge is 2.14. The molecule has 0 spiro atoms. The van der Waals surface area contributed by atoms with Crippen LogP contribution >= 0.6 is 0 Å². The molecule has 1 aromatic heterocycles. The lowest BCUT2D eigenvalue weighted by atomic mass is 10.1. The molecule has 0 aliphatic rings. The van der Waals surface area contributed by atoms with Crippen LogP contribution in [0, 0.1) is 5.82 Å². The zero-order valence-electron chi connectivity index (χ0n) is 10.5. The van der Waals surface area contributed by atoms with E-state index in [-0.39, 0.29) is 17.0 Å². The summed E-state index contributed by atoms with van der Waals surface area (Å²) in [6.45, 7) is 1.35. The van der Waals surface area contributed by atoms with Gasteiger partial charge in [0.2, 0.25) is 0 Å². The maximum atomic E-state index is 13.2. The van der Waals surface area contributed by atoms with Crippen molar-refractivity contribution in [1.82, 2.24) is 9.78 Å². The van der Waals surface area contributed by atoms with Crippen molar-refractivity contribution in [2.45, 2.75) is 6.92 Å². The second kappa shape index (κ2) is 5.01. The van der Waals surface area contributed by atoms with Gasteiger partial charge in [-0.25, -0.2) is 4.39 Å². The molecule has 1 aromatic carbocycles. The maximum Gasteiger partial charge on any atom is 0.273 e. The number of benzene rings is 1. The largest absolute Gasteiger partial charge is 0.320 e. The third-order valence-corrected chi connectivity index (χ3v) is 2.66. The molecular weight excluding hydrogens is 249 g/mol. The summed E-state index contributed by atoms with van der Waals surface area (Å²) in [7, 11) is 1.62. The fraction of sp³-hybridized carbons (Fsp3) is 0.154. The molecule has 1 amide bonds. The minimum Gasteiger partial charge on any atom is -0.320 e. The van der Waals surface area contributed by atoms with Gasteiger partial charge in [0.25, 0.3) is 5.91 Å². The number of Topliss-reactive ketones (excluding diaryl/α,β-unsaturated/α-hetero) is 1. The molecule has 98 valence electrons. The zero-order valence-corrected chi connectivity index (χ0v) is 10.5. The van der Waals surface area contributed by atoms with Crippen LogP contribution in [0.2, 0.25) is 0 Å². The molecule has 2 rings (SSSR count). The number of aryl methyl sites for hydroxylation is 1. The van der Waals surface area contributed by atoms with Gasteiger partial charge in [0.05, 0.1) is 5.69 Å². The van der Waals surface area contributed by atoms with Crippen LogP contribution in [-0.2, 0) is 7.05 Å². The summed E-state index contributed by atoms with van der Waals surface area (Å²) < 4.78 is 14.6. The van der Waals surface area contributed by atoms with Crippen molar-refractivity contribution in [2.75, 3.05) is 5.32 Å². The third kappa shape index (κ3) is 2.67. The molecule has 1 heterocycles. The topological polar surface area (TPSA) is 64.0 Å². The summed E-state index contributed by atoms with van der Waals surface area (Å²) in [5.41, 5.74) is 0.731. The van der Waals surface area contributed by atoms with Gasteiger partial charge in [0, 0.05) is 18.8 Å². The van der Waals surface area contributed by atoms with E-state index in [1.165, 1.54) is 36.0 Å². The van der Waals surface area contributed by atoms with E-state index in [1.807, 2.05) is 0 Å². The summed E-state index contributed by atoms with van der Waals surface area (Å²) in [5.74, 6) is -1.22. The highest BCUT2D eigenvalue weighted by Crippen LogP contribution is 2.18. The molecular formula is C13H12FN3O2. The smallest absolute Gasteiger partial charge is 0.273 e. The fourth-order valence-corrected chi connectivity index (χ4v) is 1.71. The molecule has 0 aliphatic carbocycles. The lowest BCUT2D eigenvalue weighted by Crippen LogP contribution is -2.17. The molecule has 6 heteroatoms. The van der Waals surface area contributed by atoms with E-state index in [9.17, 15) is 14.0 Å². The summed E-state index contributed by atoms with van der Waals surface area (Å²) in [5, 5.41) is 6.38. The minimum absolute atomic E-state index is 0.152. The van der Waals surface area contributed by atoms with Crippen LogP contribution in [0.4, 0.5) is 10.1 Å². The number of rotatable bonds is 3. The van der Waals surface area contributed by atoms with Crippen molar-refractivity contribution < 1.29 is 14.0 Å². The van der Waals surface area contributed by atoms with E-state index in [0.717, 1.165) is 6.07 Å². The molecule has 19 heavy (non-hydrogen) atoms. The lowest BCUT2D eigenvalue weighted by Gasteiger charge is -2.09. The first kappa shape index (κ1) is 12.9. The van der Waals surface area contributed by atoms with Crippen molar-refractivity contribution in [1.29, 1.82) is 0 Å². The molecule has 5 nitrogen and oxygen atoms in total. The number of carbonyl (C=O) groups is 2. The van der Waals surface area contributed by atoms with Gasteiger partial charge in [0.1, 0.15) is 11.5 Å². The van der Waals surface area contributed by atoms with Gasteiger partial charge in [-0.3, -0.25) is 14.3 Å². The second-order valence-electron chi connectivity index (χ2n) is 4.04. The Morgan fingerprint density at radius 1 is 1.32 bits per heavy atom. The molecule has 0 saturated heterocycles. The van der Waals surface area contributed by atoms with Crippen LogP contribution in [0.1, 0.15) is 27.8 Å². The third-order valence-electron chi connectivity index (χ3n) is 2.66. The number of nitrogens with one attached hydrogen (secondary N) is 1. The van der Waals surface area contributed by atoms with Gasteiger partial charge in [-0.1, -0.05) is 0 Å². The molecule has 1 N–H and O–H groups in total. The fourth-order valence-electron chi connectivity index (χ4n) is 1.71. The van der Waals surface area contributed by atoms with Crippen LogP contribution in [0.3, 0.4) is 0 Å². The first-order valence-electron chi connectivity index (χ1n) is 5.59. The van der Waals surface area contributed by atoms with Crippen LogP contribution in [0.25, 0.3) is 0 Å². The summed E-state index contributed by atoms with van der Waals surface area (Å²) in [6, 6.07) is 5.17. The van der Waals surface area contributed by atoms with Gasteiger partial charge in [-0.15, -0.1) is 0 Å². The van der Waals surface area contributed by atoms with E-state index in [1.54, 1.807) is 7.05 Å². The minimum atomic E-state index is -0.523. The van der Waals surface area contributed by atoms with Crippen LogP contribution in [0.15, 0.2) is 30.5 Å². The lowest BCUT2D eigenvalue weighted by molar-refractivity contribution is 0.101. The summed E-state index contributed by atoms with van der Waals surface area (Å²) in [4.78, 5) is 23.4. The number of hydrogen-bond acceptors (Lipinski definition) is 3. The highest BCUT2D eigenvalue weighted by molar-refractivity contribution is 6.08. The standard InChI is InChI=1S/C13H12FN3O2/c1-8(18)10-4-3-9(14)7-11(10)16-13(19)12-5-6-15-17(12)2/h3-7H,1-2H3,(H,16,19). The predicted octanol–water partition coefficient (Wildman–Crippen LogP) is 2.01. The monoisotopic (exact) mass is 261 g/mol. The zero-order chi connectivity index (χ0) is 14.0. The first-order valence-corrected chi connectivity index (χ1v) is 5.59. The van der Waals surface area contributed by atoms with Gasteiger partial charge >= 0.3 is 0 Å². The number of hydrogen-bond donors (Lipinski definition) is 1. The van der Waals surface area contributed by atoms with Crippen LogP contribution in [0.5, 0.6) is 0 Å². The Bertz CT molecular complexity index is 649. The molecule has 0 unspecified atom stereocenters. The molecule has 0 atom stereocenters. The Morgan fingerprint density at radius 2 is 2.05 bits per heavy atom. The van der Waals surface area contributed by atoms with E-state index in [4.69, 9.17) is 0 Å². The van der Waals surface area contributed by atoms with Crippen LogP contribution in [-0.4, -0.2) is 21.5 Å². The normalized spacial score (nSPS) is 10.3. The number of ketones is 1. The first-order chi connectivity index (χ1) is 8.99. The molecule has 0 aliphatic heterocycles. The van der Waals surface area contributed by atoms with Gasteiger partial charge in [0.15, 0.2) is 5.78 Å². The quantitative estimate of drug-likeness (QED) is 0.860. The number of carbonyl (C=O) groups excluding carboxylic acids is 2. The summed E-state index contributed by atoms with van der Waals surface area (Å²) >= 11 is 0. The Kier molecular flexibility index (Phi) is 3.41. The number of halogens is 1. The molecule has 0 bridgehead atoms. The van der Waals surface area contributed by atoms with Crippen molar-refractivity contribution in [3.05, 3.63) is 47.5 Å². The average molecular weight is 261 g/mol. The second-order valence-corrected chi connectivity index (χ2v) is 4.04. The highest BCUT2D eigenvalue weighted by atomic mass is 19.1. The van der Waals surface area contributed by atoms with Crippen molar-refractivity contribution >= 4 is 17.4 Å². The van der Waals surface area contributed by atoms with E-state index in [2.05, 4.69) is 10.4 Å². The number of aromatic nitrogens is 2. The Morgan fingerprint density at radius 3 is 2.63 bits per heavy atom. The maximum absolute atomic E-state index is 13.2. The van der Waals surface area contributed by atoms with Gasteiger partial charge in [-0.2, -0.15) is 5.10 Å². The molecule has 2 aromatic rings. The van der Waals surface area contributed by atoms with Crippen molar-refractivity contribution in [3.63, 3.8) is 0 Å². The summed E-state index contributed by atoms with van der Waals surface area (Å²) in [6.07, 6.45) is 1.48. The Balaban J connectivity index is 2.33.